The lowest BCUT2D eigenvalue weighted by atomic mass is 9.72. The number of halogens is 1. The third-order valence-electron chi connectivity index (χ3n) is 7.67. The number of rotatable bonds is 4. The van der Waals surface area contributed by atoms with Crippen LogP contribution in [0.15, 0.2) is 54.9 Å². The summed E-state index contributed by atoms with van der Waals surface area (Å²) in [6, 6.07) is 16.9. The molecule has 0 radical (unpaired) electrons. The number of hydrogen-bond donors (Lipinski definition) is 1. The predicted octanol–water partition coefficient (Wildman–Crippen LogP) is 4.96. The fourth-order valence-electron chi connectivity index (χ4n) is 5.57. The van der Waals surface area contributed by atoms with Gasteiger partial charge in [0.1, 0.15) is 17.0 Å². The highest BCUT2D eigenvalue weighted by Gasteiger charge is 2.39. The average molecular weight is 514 g/mol. The summed E-state index contributed by atoms with van der Waals surface area (Å²) in [5.74, 6) is 0.863. The number of nitrogens with zero attached hydrogens (tertiary/aromatic N) is 6. The molecule has 0 bridgehead atoms. The monoisotopic (exact) mass is 513 g/mol. The topological polar surface area (TPSA) is 94.0 Å². The van der Waals surface area contributed by atoms with Gasteiger partial charge in [0, 0.05) is 48.1 Å². The maximum atomic E-state index is 10.7. The Morgan fingerprint density at radius 3 is 2.62 bits per heavy atom. The lowest BCUT2D eigenvalue weighted by Gasteiger charge is -2.40. The molecule has 0 saturated carbocycles. The number of hydrogen-bond acceptors (Lipinski definition) is 7. The molecule has 8 nitrogen and oxygen atoms in total. The van der Waals surface area contributed by atoms with Gasteiger partial charge in [0.05, 0.1) is 36.4 Å². The van der Waals surface area contributed by atoms with E-state index in [1.165, 1.54) is 0 Å². The Hall–Kier alpha value is -3.67. The Labute approximate surface area is 220 Å². The van der Waals surface area contributed by atoms with Crippen LogP contribution in [0.1, 0.15) is 25.3 Å². The van der Waals surface area contributed by atoms with Gasteiger partial charge < -0.3 is 14.5 Å². The summed E-state index contributed by atoms with van der Waals surface area (Å²) in [6.45, 7) is 5.76. The molecule has 188 valence electrons. The highest BCUT2D eigenvalue weighted by Crippen LogP contribution is 2.42. The van der Waals surface area contributed by atoms with Gasteiger partial charge in [-0.05, 0) is 67.8 Å². The lowest BCUT2D eigenvalue weighted by Crippen LogP contribution is -2.45. The number of anilines is 2. The number of aromatic nitrogens is 4. The van der Waals surface area contributed by atoms with Crippen LogP contribution in [0.2, 0.25) is 5.02 Å². The second kappa shape index (κ2) is 9.66. The molecule has 2 aliphatic rings. The van der Waals surface area contributed by atoms with Gasteiger partial charge in [0.15, 0.2) is 0 Å². The van der Waals surface area contributed by atoms with Crippen molar-refractivity contribution in [1.29, 1.82) is 5.26 Å². The Balaban J connectivity index is 1.46. The molecule has 0 spiro atoms. The number of ether oxygens (including phenoxy) is 1. The molecule has 4 aromatic rings. The normalized spacial score (nSPS) is 19.6. The van der Waals surface area contributed by atoms with Crippen molar-refractivity contribution in [1.82, 2.24) is 20.2 Å². The summed E-state index contributed by atoms with van der Waals surface area (Å²) in [4.78, 5) is 14.4. The summed E-state index contributed by atoms with van der Waals surface area (Å²) in [5, 5.41) is 19.5. The molecule has 2 aliphatic heterocycles. The number of nitrogens with one attached hydrogen (secondary N) is 1. The zero-order chi connectivity index (χ0) is 25.4. The first-order valence-electron chi connectivity index (χ1n) is 12.6. The van der Waals surface area contributed by atoms with Crippen molar-refractivity contribution in [3.63, 3.8) is 0 Å². The van der Waals surface area contributed by atoms with E-state index >= 15 is 0 Å². The number of H-pyrrole nitrogens is 1. The minimum Gasteiger partial charge on any atom is -0.377 e. The van der Waals surface area contributed by atoms with Gasteiger partial charge in [-0.3, -0.25) is 10.1 Å². The Bertz CT molecular complexity index is 1440. The second-order valence-electron chi connectivity index (χ2n) is 9.83. The van der Waals surface area contributed by atoms with Gasteiger partial charge in [0.2, 0.25) is 0 Å². The van der Waals surface area contributed by atoms with Gasteiger partial charge >= 0.3 is 0 Å². The van der Waals surface area contributed by atoms with E-state index in [0.717, 1.165) is 64.0 Å². The number of fused-ring (bicyclic) bond motifs is 1. The summed E-state index contributed by atoms with van der Waals surface area (Å²) in [6.07, 6.45) is 4.94. The molecule has 0 aliphatic carbocycles. The fraction of sp³-hybridized carbons (Fsp3) is 0.357. The number of aromatic amines is 1. The van der Waals surface area contributed by atoms with Crippen LogP contribution in [0.4, 0.5) is 11.5 Å². The molecule has 1 N–H and O–H groups in total. The van der Waals surface area contributed by atoms with Crippen molar-refractivity contribution in [2.45, 2.75) is 31.2 Å². The van der Waals surface area contributed by atoms with Gasteiger partial charge in [-0.15, -0.1) is 0 Å². The van der Waals surface area contributed by atoms with Gasteiger partial charge in [0.25, 0.3) is 0 Å². The number of nitriles is 1. The van der Waals surface area contributed by atoms with E-state index in [9.17, 15) is 5.26 Å². The SMILES string of the molecule is C[C@@H]1COCCN1c1cc(C2(C#N)CCN(c3ccc(Cl)cc3)CC2)c2ccnc(-c3ccn[nH]3)c2n1. The van der Waals surface area contributed by atoms with Crippen LogP contribution < -0.4 is 9.80 Å². The van der Waals surface area contributed by atoms with Gasteiger partial charge in [-0.1, -0.05) is 11.6 Å². The quantitative estimate of drug-likeness (QED) is 0.412. The summed E-state index contributed by atoms with van der Waals surface area (Å²) >= 11 is 6.10. The Morgan fingerprint density at radius 1 is 1.11 bits per heavy atom. The van der Waals surface area contributed by atoms with Crippen molar-refractivity contribution in [3.05, 3.63) is 65.4 Å². The standard InChI is InChI=1S/C28H28ClN7O/c1-19-17-37-15-14-36(19)25-16-23(22-6-10-31-27(26(22)33-25)24-7-11-32-34-24)28(18-30)8-12-35(13-9-28)21-4-2-20(29)3-5-21/h2-7,10-11,16,19H,8-9,12-15,17H2,1H3,(H,32,34)/t19-/m1/s1. The maximum Gasteiger partial charge on any atom is 0.130 e. The zero-order valence-corrected chi connectivity index (χ0v) is 21.4. The van der Waals surface area contributed by atoms with Crippen LogP contribution in [0, 0.1) is 11.3 Å². The van der Waals surface area contributed by atoms with Crippen LogP contribution in [0.5, 0.6) is 0 Å². The first kappa shape index (κ1) is 23.7. The third-order valence-corrected chi connectivity index (χ3v) is 7.92. The van der Waals surface area contributed by atoms with Crippen LogP contribution in [-0.2, 0) is 10.2 Å². The molecular weight excluding hydrogens is 486 g/mol. The minimum absolute atomic E-state index is 0.184. The summed E-state index contributed by atoms with van der Waals surface area (Å²) in [5.41, 5.74) is 3.84. The second-order valence-corrected chi connectivity index (χ2v) is 10.3. The average Bonchev–Trinajstić information content (AvgIpc) is 3.48. The molecule has 1 aromatic carbocycles. The molecule has 1 atom stereocenters. The van der Waals surface area contributed by atoms with E-state index in [-0.39, 0.29) is 6.04 Å². The molecule has 9 heteroatoms. The summed E-state index contributed by atoms with van der Waals surface area (Å²) in [7, 11) is 0. The van der Waals surface area contributed by atoms with Crippen molar-refractivity contribution >= 4 is 34.0 Å². The highest BCUT2D eigenvalue weighted by atomic mass is 35.5. The first-order valence-corrected chi connectivity index (χ1v) is 13.0. The molecule has 3 aromatic heterocycles. The largest absolute Gasteiger partial charge is 0.377 e. The molecule has 2 saturated heterocycles. The summed E-state index contributed by atoms with van der Waals surface area (Å²) < 4.78 is 5.69. The first-order chi connectivity index (χ1) is 18.1. The molecule has 0 unspecified atom stereocenters. The maximum absolute atomic E-state index is 10.7. The van der Waals surface area contributed by atoms with Crippen molar-refractivity contribution in [2.75, 3.05) is 42.6 Å². The van der Waals surface area contributed by atoms with E-state index in [0.29, 0.717) is 26.1 Å². The van der Waals surface area contributed by atoms with E-state index in [2.05, 4.69) is 44.0 Å². The van der Waals surface area contributed by atoms with Crippen molar-refractivity contribution < 1.29 is 4.74 Å². The predicted molar refractivity (Wildman–Crippen MR) is 145 cm³/mol. The zero-order valence-electron chi connectivity index (χ0n) is 20.7. The van der Waals surface area contributed by atoms with Crippen LogP contribution >= 0.6 is 11.6 Å². The number of morpholine rings is 1. The smallest absolute Gasteiger partial charge is 0.130 e. The number of benzene rings is 1. The van der Waals surface area contributed by atoms with Gasteiger partial charge in [-0.2, -0.15) is 10.4 Å². The fourth-order valence-corrected chi connectivity index (χ4v) is 5.70. The molecular formula is C28H28ClN7O. The molecule has 6 rings (SSSR count). The van der Waals surface area contributed by atoms with Crippen LogP contribution in [0.3, 0.4) is 0 Å². The number of pyridine rings is 2. The lowest BCUT2D eigenvalue weighted by molar-refractivity contribution is 0.0985. The Kier molecular flexibility index (Phi) is 6.19. The van der Waals surface area contributed by atoms with E-state index in [1.807, 2.05) is 36.4 Å². The number of piperidine rings is 1. The Morgan fingerprint density at radius 2 is 1.92 bits per heavy atom. The van der Waals surface area contributed by atoms with Crippen molar-refractivity contribution in [2.24, 2.45) is 0 Å². The third kappa shape index (κ3) is 4.28. The highest BCUT2D eigenvalue weighted by molar-refractivity contribution is 6.30. The minimum atomic E-state index is -0.638. The van der Waals surface area contributed by atoms with Gasteiger partial charge in [-0.25, -0.2) is 4.98 Å². The van der Waals surface area contributed by atoms with Crippen LogP contribution in [0.25, 0.3) is 22.3 Å². The van der Waals surface area contributed by atoms with E-state index in [4.69, 9.17) is 21.3 Å². The molecule has 0 amide bonds. The molecule has 5 heterocycles. The molecule has 2 fully saturated rings. The van der Waals surface area contributed by atoms with Crippen molar-refractivity contribution in [3.8, 4) is 17.5 Å². The van der Waals surface area contributed by atoms with E-state index < -0.39 is 5.41 Å². The molecule has 37 heavy (non-hydrogen) atoms. The van der Waals surface area contributed by atoms with Crippen LogP contribution in [-0.4, -0.2) is 59.1 Å². The van der Waals surface area contributed by atoms with E-state index in [1.54, 1.807) is 12.4 Å².